The maximum atomic E-state index is 12.0. The minimum Gasteiger partial charge on any atom is -0.495 e. The van der Waals surface area contributed by atoms with Gasteiger partial charge in [0.1, 0.15) is 5.75 Å². The van der Waals surface area contributed by atoms with Crippen LogP contribution in [0.2, 0.25) is 0 Å². The molecule has 4 nitrogen and oxygen atoms in total. The molecule has 0 bridgehead atoms. The Hall–Kier alpha value is -1.59. The van der Waals surface area contributed by atoms with Crippen LogP contribution in [0.4, 0.5) is 5.69 Å². The molecule has 1 amide bonds. The first-order valence-electron chi connectivity index (χ1n) is 5.25. The Balaban J connectivity index is 0.00000180. The van der Waals surface area contributed by atoms with Crippen LogP contribution in [-0.4, -0.2) is 18.0 Å². The lowest BCUT2D eigenvalue weighted by Gasteiger charge is -2.10. The molecule has 1 N–H and O–H groups in total. The van der Waals surface area contributed by atoms with Gasteiger partial charge in [-0.25, -0.2) is 0 Å². The van der Waals surface area contributed by atoms with Crippen LogP contribution in [-0.2, 0) is 0 Å². The smallest absolute Gasteiger partial charge is 0.257 e. The predicted octanol–water partition coefficient (Wildman–Crippen LogP) is 3.53. The minimum absolute atomic E-state index is 0. The number of anilines is 1. The van der Waals surface area contributed by atoms with Crippen molar-refractivity contribution in [2.75, 3.05) is 12.4 Å². The molecule has 0 spiro atoms. The molecule has 0 aliphatic rings. The normalized spacial score (nSPS) is 9.37. The third-order valence-electron chi connectivity index (χ3n) is 2.33. The highest BCUT2D eigenvalue weighted by molar-refractivity contribution is 9.10. The molecular formula is C13H12BrClN2O2. The van der Waals surface area contributed by atoms with E-state index >= 15 is 0 Å². The van der Waals surface area contributed by atoms with Gasteiger partial charge < -0.3 is 10.1 Å². The molecule has 0 aliphatic heterocycles. The van der Waals surface area contributed by atoms with Crippen molar-refractivity contribution in [3.8, 4) is 5.75 Å². The van der Waals surface area contributed by atoms with E-state index in [4.69, 9.17) is 4.74 Å². The van der Waals surface area contributed by atoms with Gasteiger partial charge in [0.2, 0.25) is 0 Å². The van der Waals surface area contributed by atoms with Gasteiger partial charge in [0.15, 0.2) is 0 Å². The number of hydrogen-bond acceptors (Lipinski definition) is 3. The van der Waals surface area contributed by atoms with Gasteiger partial charge in [0, 0.05) is 16.9 Å². The number of halogens is 2. The maximum Gasteiger partial charge on any atom is 0.257 e. The Kier molecular flexibility index (Phi) is 5.79. The number of aromatic nitrogens is 1. The van der Waals surface area contributed by atoms with E-state index in [2.05, 4.69) is 26.2 Å². The van der Waals surface area contributed by atoms with E-state index in [0.717, 1.165) is 4.47 Å². The number of carbonyl (C=O) groups is 1. The van der Waals surface area contributed by atoms with Crippen molar-refractivity contribution in [3.63, 3.8) is 0 Å². The lowest BCUT2D eigenvalue weighted by Crippen LogP contribution is -2.12. The number of carbonyl (C=O) groups excluding carboxylic acids is 1. The summed E-state index contributed by atoms with van der Waals surface area (Å²) in [6.07, 6.45) is 3.14. The van der Waals surface area contributed by atoms with Gasteiger partial charge in [-0.3, -0.25) is 9.78 Å². The molecule has 0 aliphatic carbocycles. The predicted molar refractivity (Wildman–Crippen MR) is 80.1 cm³/mol. The van der Waals surface area contributed by atoms with Crippen LogP contribution in [0.1, 0.15) is 10.4 Å². The lowest BCUT2D eigenvalue weighted by molar-refractivity contribution is 0.102. The molecule has 100 valence electrons. The summed E-state index contributed by atoms with van der Waals surface area (Å²) < 4.78 is 6.05. The third kappa shape index (κ3) is 3.94. The maximum absolute atomic E-state index is 12.0. The van der Waals surface area contributed by atoms with Gasteiger partial charge in [-0.05, 0) is 30.3 Å². The van der Waals surface area contributed by atoms with E-state index in [0.29, 0.717) is 17.0 Å². The highest BCUT2D eigenvalue weighted by Gasteiger charge is 2.09. The number of rotatable bonds is 3. The molecule has 1 heterocycles. The van der Waals surface area contributed by atoms with Crippen LogP contribution in [0.3, 0.4) is 0 Å². The first-order chi connectivity index (χ1) is 8.70. The highest BCUT2D eigenvalue weighted by Crippen LogP contribution is 2.28. The van der Waals surface area contributed by atoms with Gasteiger partial charge in [0.25, 0.3) is 5.91 Å². The fourth-order valence-electron chi connectivity index (χ4n) is 1.47. The number of methoxy groups -OCH3 is 1. The summed E-state index contributed by atoms with van der Waals surface area (Å²) in [5.74, 6) is 0.384. The molecule has 2 rings (SSSR count). The fourth-order valence-corrected chi connectivity index (χ4v) is 1.83. The van der Waals surface area contributed by atoms with Crippen molar-refractivity contribution >= 4 is 39.9 Å². The SMILES string of the molecule is COc1ccc(Br)cc1NC(=O)c1cccnc1.Cl. The lowest BCUT2D eigenvalue weighted by atomic mass is 10.2. The molecule has 0 saturated heterocycles. The van der Waals surface area contributed by atoms with E-state index in [1.165, 1.54) is 6.20 Å². The molecule has 1 aromatic carbocycles. The number of amides is 1. The number of benzene rings is 1. The second-order valence-corrected chi connectivity index (χ2v) is 4.46. The Labute approximate surface area is 125 Å². The van der Waals surface area contributed by atoms with Crippen molar-refractivity contribution < 1.29 is 9.53 Å². The average Bonchev–Trinajstić information content (AvgIpc) is 2.40. The summed E-state index contributed by atoms with van der Waals surface area (Å²) >= 11 is 3.35. The largest absolute Gasteiger partial charge is 0.495 e. The van der Waals surface area contributed by atoms with Crippen LogP contribution >= 0.6 is 28.3 Å². The van der Waals surface area contributed by atoms with Gasteiger partial charge in [-0.15, -0.1) is 12.4 Å². The topological polar surface area (TPSA) is 51.2 Å². The summed E-state index contributed by atoms with van der Waals surface area (Å²) in [4.78, 5) is 15.9. The summed E-state index contributed by atoms with van der Waals surface area (Å²) in [6, 6.07) is 8.83. The van der Waals surface area contributed by atoms with Gasteiger partial charge in [0.05, 0.1) is 18.4 Å². The first-order valence-corrected chi connectivity index (χ1v) is 6.05. The molecule has 0 fully saturated rings. The third-order valence-corrected chi connectivity index (χ3v) is 2.83. The molecular weight excluding hydrogens is 332 g/mol. The van der Waals surface area contributed by atoms with Crippen molar-refractivity contribution in [1.29, 1.82) is 0 Å². The van der Waals surface area contributed by atoms with Crippen molar-refractivity contribution in [2.45, 2.75) is 0 Å². The Morgan fingerprint density at radius 3 is 2.79 bits per heavy atom. The number of nitrogens with zero attached hydrogens (tertiary/aromatic N) is 1. The fraction of sp³-hybridized carbons (Fsp3) is 0.0769. The number of nitrogens with one attached hydrogen (secondary N) is 1. The van der Waals surface area contributed by atoms with Crippen LogP contribution in [0.5, 0.6) is 5.75 Å². The second-order valence-electron chi connectivity index (χ2n) is 3.54. The van der Waals surface area contributed by atoms with E-state index < -0.39 is 0 Å². The van der Waals surface area contributed by atoms with Gasteiger partial charge >= 0.3 is 0 Å². The number of hydrogen-bond donors (Lipinski definition) is 1. The van der Waals surface area contributed by atoms with Gasteiger partial charge in [-0.1, -0.05) is 15.9 Å². The van der Waals surface area contributed by atoms with Crippen molar-refractivity contribution in [3.05, 3.63) is 52.8 Å². The molecule has 0 unspecified atom stereocenters. The monoisotopic (exact) mass is 342 g/mol. The zero-order valence-corrected chi connectivity index (χ0v) is 12.5. The Morgan fingerprint density at radius 1 is 1.37 bits per heavy atom. The molecule has 6 heteroatoms. The van der Waals surface area contributed by atoms with Crippen molar-refractivity contribution in [2.24, 2.45) is 0 Å². The Morgan fingerprint density at radius 2 is 2.16 bits per heavy atom. The standard InChI is InChI=1S/C13H11BrN2O2.ClH/c1-18-12-5-4-10(14)7-11(12)16-13(17)9-3-2-6-15-8-9;/h2-8H,1H3,(H,16,17);1H. The number of pyridine rings is 1. The molecule has 0 radical (unpaired) electrons. The van der Waals surface area contributed by atoms with E-state index in [1.54, 1.807) is 37.6 Å². The quantitative estimate of drug-likeness (QED) is 0.927. The molecule has 0 saturated carbocycles. The molecule has 0 atom stereocenters. The highest BCUT2D eigenvalue weighted by atomic mass is 79.9. The summed E-state index contributed by atoms with van der Waals surface area (Å²) in [5.41, 5.74) is 1.11. The number of ether oxygens (including phenoxy) is 1. The van der Waals surface area contributed by atoms with E-state index in [-0.39, 0.29) is 18.3 Å². The zero-order valence-electron chi connectivity index (χ0n) is 10.1. The molecule has 19 heavy (non-hydrogen) atoms. The minimum atomic E-state index is -0.223. The average molecular weight is 344 g/mol. The zero-order chi connectivity index (χ0) is 13.0. The Bertz CT molecular complexity index is 564. The van der Waals surface area contributed by atoms with Crippen LogP contribution in [0.25, 0.3) is 0 Å². The van der Waals surface area contributed by atoms with Crippen LogP contribution in [0.15, 0.2) is 47.2 Å². The summed E-state index contributed by atoms with van der Waals surface area (Å²) in [5, 5.41) is 2.78. The molecule has 2 aromatic rings. The van der Waals surface area contributed by atoms with Crippen LogP contribution < -0.4 is 10.1 Å². The van der Waals surface area contributed by atoms with Crippen molar-refractivity contribution in [1.82, 2.24) is 4.98 Å². The van der Waals surface area contributed by atoms with Gasteiger partial charge in [-0.2, -0.15) is 0 Å². The first kappa shape index (κ1) is 15.5. The second kappa shape index (κ2) is 7.11. The molecule has 1 aromatic heterocycles. The summed E-state index contributed by atoms with van der Waals surface area (Å²) in [7, 11) is 1.56. The van der Waals surface area contributed by atoms with Crippen LogP contribution in [0, 0.1) is 0 Å². The summed E-state index contributed by atoms with van der Waals surface area (Å²) in [6.45, 7) is 0. The van der Waals surface area contributed by atoms with E-state index in [1.807, 2.05) is 6.07 Å². The van der Waals surface area contributed by atoms with E-state index in [9.17, 15) is 4.79 Å².